The van der Waals surface area contributed by atoms with E-state index in [-0.39, 0.29) is 0 Å². The average Bonchev–Trinajstić information content (AvgIpc) is 2.17. The summed E-state index contributed by atoms with van der Waals surface area (Å²) in [7, 11) is 0. The van der Waals surface area contributed by atoms with Crippen LogP contribution < -0.4 is 5.48 Å². The molecule has 0 spiro atoms. The Labute approximate surface area is 35.1 Å². The van der Waals surface area contributed by atoms with Crippen LogP contribution in [0.4, 0.5) is 0 Å². The Hall–Kier alpha value is -0.920. The molecule has 1 aliphatic heterocycles. The van der Waals surface area contributed by atoms with E-state index in [1.165, 1.54) is 5.57 Å². The molecule has 0 saturated carbocycles. The fourth-order valence-corrected chi connectivity index (χ4v) is 0.463. The summed E-state index contributed by atoms with van der Waals surface area (Å²) in [6, 6.07) is 0. The maximum absolute atomic E-state index is 4.75. The molecule has 6 heavy (non-hydrogen) atoms. The third-order valence-electron chi connectivity index (χ3n) is 0.871. The van der Waals surface area contributed by atoms with Gasteiger partial charge in [-0.05, 0) is 6.08 Å². The number of hydroxylamine groups is 1. The third kappa shape index (κ3) is 0.109. The summed E-state index contributed by atoms with van der Waals surface area (Å²) in [6.45, 7) is 0. The molecule has 0 aromatic rings. The van der Waals surface area contributed by atoms with Gasteiger partial charge in [0.05, 0.1) is 0 Å². The van der Waals surface area contributed by atoms with Crippen molar-refractivity contribution in [2.24, 2.45) is 0 Å². The van der Waals surface area contributed by atoms with E-state index in [1.54, 1.807) is 0 Å². The summed E-state index contributed by atoms with van der Waals surface area (Å²) in [5.74, 6) is 0.995. The van der Waals surface area contributed by atoms with Crippen molar-refractivity contribution in [2.75, 3.05) is 0 Å². The Balaban J connectivity index is 2.46. The molecule has 0 saturated heterocycles. The molecule has 1 aliphatic carbocycles. The average molecular weight is 81.1 g/mol. The maximum atomic E-state index is 4.75. The van der Waals surface area contributed by atoms with Gasteiger partial charge in [0, 0.05) is 11.8 Å². The van der Waals surface area contributed by atoms with Gasteiger partial charge >= 0.3 is 0 Å². The van der Waals surface area contributed by atoms with Crippen molar-refractivity contribution < 1.29 is 4.84 Å². The van der Waals surface area contributed by atoms with E-state index in [0.29, 0.717) is 0 Å². The van der Waals surface area contributed by atoms with Crippen molar-refractivity contribution in [3.05, 3.63) is 23.6 Å². The SMILES string of the molecule is C1=C2C=C2ON1. The lowest BCUT2D eigenvalue weighted by Crippen LogP contribution is -1.94. The summed E-state index contributed by atoms with van der Waals surface area (Å²) >= 11 is 0. The maximum Gasteiger partial charge on any atom is 0.164 e. The standard InChI is InChI=1S/C4H3NO/c1-3-2-5-6-4(1)3/h1-2,5H. The zero-order chi connectivity index (χ0) is 3.98. The highest BCUT2D eigenvalue weighted by Gasteiger charge is 2.22. The predicted octanol–water partition coefficient (Wildman–Crippen LogP) is 0.303. The molecule has 2 heteroatoms. The quantitative estimate of drug-likeness (QED) is 0.453. The Morgan fingerprint density at radius 3 is 2.83 bits per heavy atom. The lowest BCUT2D eigenvalue weighted by atomic mass is 10.6. The first kappa shape index (κ1) is 2.29. The van der Waals surface area contributed by atoms with E-state index in [0.717, 1.165) is 5.76 Å². The molecule has 0 aromatic carbocycles. The first-order valence-corrected chi connectivity index (χ1v) is 1.81. The van der Waals surface area contributed by atoms with Gasteiger partial charge in [-0.1, -0.05) is 0 Å². The second kappa shape index (κ2) is 0.469. The van der Waals surface area contributed by atoms with Crippen molar-refractivity contribution in [1.82, 2.24) is 5.48 Å². The van der Waals surface area contributed by atoms with Gasteiger partial charge in [0.2, 0.25) is 0 Å². The predicted molar refractivity (Wildman–Crippen MR) is 20.4 cm³/mol. The molecule has 0 unspecified atom stereocenters. The number of rotatable bonds is 0. The number of fused-ring (bicyclic) bond motifs is 1. The van der Waals surface area contributed by atoms with Gasteiger partial charge in [-0.25, -0.2) is 5.48 Å². The van der Waals surface area contributed by atoms with Crippen LogP contribution in [0.5, 0.6) is 0 Å². The van der Waals surface area contributed by atoms with Crippen LogP contribution in [0.15, 0.2) is 23.6 Å². The van der Waals surface area contributed by atoms with Crippen molar-refractivity contribution in [3.8, 4) is 0 Å². The molecule has 2 nitrogen and oxygen atoms in total. The second-order valence-corrected chi connectivity index (χ2v) is 1.33. The monoisotopic (exact) mass is 81.0 g/mol. The first-order valence-electron chi connectivity index (χ1n) is 1.81. The topological polar surface area (TPSA) is 21.3 Å². The summed E-state index contributed by atoms with van der Waals surface area (Å²) in [5.41, 5.74) is 3.80. The van der Waals surface area contributed by atoms with E-state index in [2.05, 4.69) is 5.48 Å². The fraction of sp³-hybridized carbons (Fsp3) is 0. The van der Waals surface area contributed by atoms with Crippen molar-refractivity contribution >= 4 is 0 Å². The molecule has 0 radical (unpaired) electrons. The Morgan fingerprint density at radius 1 is 1.67 bits per heavy atom. The van der Waals surface area contributed by atoms with E-state index >= 15 is 0 Å². The summed E-state index contributed by atoms with van der Waals surface area (Å²) in [6.07, 6.45) is 3.80. The lowest BCUT2D eigenvalue weighted by molar-refractivity contribution is 0.177. The van der Waals surface area contributed by atoms with Gasteiger partial charge < -0.3 is 4.84 Å². The Kier molecular flexibility index (Phi) is 0.179. The minimum atomic E-state index is 0.995. The molecule has 0 atom stereocenters. The van der Waals surface area contributed by atoms with Gasteiger partial charge in [0.15, 0.2) is 5.76 Å². The largest absolute Gasteiger partial charge is 0.382 e. The van der Waals surface area contributed by atoms with Crippen molar-refractivity contribution in [2.45, 2.75) is 0 Å². The van der Waals surface area contributed by atoms with Crippen LogP contribution in [0, 0.1) is 0 Å². The Morgan fingerprint density at radius 2 is 2.67 bits per heavy atom. The normalized spacial score (nSPS) is 22.7. The lowest BCUT2D eigenvalue weighted by Gasteiger charge is -1.86. The van der Waals surface area contributed by atoms with Gasteiger partial charge in [-0.15, -0.1) is 0 Å². The van der Waals surface area contributed by atoms with E-state index < -0.39 is 0 Å². The second-order valence-electron chi connectivity index (χ2n) is 1.33. The van der Waals surface area contributed by atoms with Gasteiger partial charge in [-0.3, -0.25) is 0 Å². The van der Waals surface area contributed by atoms with Crippen molar-refractivity contribution in [3.63, 3.8) is 0 Å². The van der Waals surface area contributed by atoms with Crippen molar-refractivity contribution in [1.29, 1.82) is 0 Å². The van der Waals surface area contributed by atoms with Crippen LogP contribution in [0.3, 0.4) is 0 Å². The molecule has 30 valence electrons. The van der Waals surface area contributed by atoms with Gasteiger partial charge in [0.25, 0.3) is 0 Å². The van der Waals surface area contributed by atoms with Crippen LogP contribution in [-0.2, 0) is 4.84 Å². The van der Waals surface area contributed by atoms with E-state index in [4.69, 9.17) is 4.84 Å². The van der Waals surface area contributed by atoms with Gasteiger partial charge in [0.1, 0.15) is 0 Å². The Bertz CT molecular complexity index is 143. The molecule has 0 amide bonds. The zero-order valence-corrected chi connectivity index (χ0v) is 3.06. The minimum Gasteiger partial charge on any atom is -0.382 e. The minimum absolute atomic E-state index is 0.995. The van der Waals surface area contributed by atoms with Crippen LogP contribution in [0.1, 0.15) is 0 Å². The molecule has 1 N–H and O–H groups in total. The fourth-order valence-electron chi connectivity index (χ4n) is 0.463. The molecular weight excluding hydrogens is 78.0 g/mol. The first-order chi connectivity index (χ1) is 2.97. The highest BCUT2D eigenvalue weighted by molar-refractivity contribution is 5.54. The molecule has 0 bridgehead atoms. The van der Waals surface area contributed by atoms with Crippen LogP contribution in [0.25, 0.3) is 0 Å². The molecule has 0 aromatic heterocycles. The number of allylic oxidation sites excluding steroid dienone is 2. The highest BCUT2D eigenvalue weighted by atomic mass is 16.7. The molecular formula is C4H3NO. The summed E-state index contributed by atoms with van der Waals surface area (Å²) in [5, 5.41) is 0. The molecule has 2 aliphatic rings. The van der Waals surface area contributed by atoms with E-state index in [1.807, 2.05) is 12.3 Å². The number of hydrogen-bond acceptors (Lipinski definition) is 2. The van der Waals surface area contributed by atoms with Gasteiger partial charge in [-0.2, -0.15) is 0 Å². The highest BCUT2D eigenvalue weighted by Crippen LogP contribution is 2.30. The van der Waals surface area contributed by atoms with Crippen LogP contribution in [0.2, 0.25) is 0 Å². The third-order valence-corrected chi connectivity index (χ3v) is 0.871. The summed E-state index contributed by atoms with van der Waals surface area (Å²) < 4.78 is 0. The summed E-state index contributed by atoms with van der Waals surface area (Å²) in [4.78, 5) is 4.75. The number of nitrogens with one attached hydrogen (secondary N) is 1. The number of hydrogen-bond donors (Lipinski definition) is 1. The molecule has 1 heterocycles. The zero-order valence-electron chi connectivity index (χ0n) is 3.06. The van der Waals surface area contributed by atoms with Crippen LogP contribution in [-0.4, -0.2) is 0 Å². The smallest absolute Gasteiger partial charge is 0.164 e. The molecule has 0 fully saturated rings. The van der Waals surface area contributed by atoms with Crippen LogP contribution >= 0.6 is 0 Å². The van der Waals surface area contributed by atoms with E-state index in [9.17, 15) is 0 Å². The molecule has 2 rings (SSSR count).